The Morgan fingerprint density at radius 2 is 2.08 bits per heavy atom. The van der Waals surface area contributed by atoms with Gasteiger partial charge in [-0.3, -0.25) is 9.58 Å². The summed E-state index contributed by atoms with van der Waals surface area (Å²) in [4.78, 5) is 2.38. The SMILES string of the molecule is CCc1nn(C)c(CC)c1CN1C[C@H](O)C[C@@H]1c1cccc(OC)c1. The molecule has 1 N–H and O–H groups in total. The minimum absolute atomic E-state index is 0.208. The summed E-state index contributed by atoms with van der Waals surface area (Å²) in [6, 6.07) is 8.41. The van der Waals surface area contributed by atoms with Gasteiger partial charge in [-0.05, 0) is 37.0 Å². The first kappa shape index (κ1) is 18.0. The zero-order chi connectivity index (χ0) is 18.0. The highest BCUT2D eigenvalue weighted by atomic mass is 16.5. The van der Waals surface area contributed by atoms with Gasteiger partial charge in [0.05, 0.1) is 18.9 Å². The second-order valence-electron chi connectivity index (χ2n) is 6.81. The lowest BCUT2D eigenvalue weighted by Gasteiger charge is -2.25. The number of methoxy groups -OCH3 is 1. The molecule has 0 unspecified atom stereocenters. The molecule has 0 amide bonds. The van der Waals surface area contributed by atoms with Crippen molar-refractivity contribution in [3.05, 3.63) is 46.8 Å². The molecule has 5 nitrogen and oxygen atoms in total. The molecule has 3 rings (SSSR count). The quantitative estimate of drug-likeness (QED) is 0.876. The lowest BCUT2D eigenvalue weighted by atomic mass is 10.0. The molecule has 0 radical (unpaired) electrons. The molecule has 0 saturated carbocycles. The number of aliphatic hydroxyl groups excluding tert-OH is 1. The van der Waals surface area contributed by atoms with Gasteiger partial charge in [-0.1, -0.05) is 26.0 Å². The molecule has 2 heterocycles. The van der Waals surface area contributed by atoms with Crippen LogP contribution in [0.3, 0.4) is 0 Å². The van der Waals surface area contributed by atoms with Crippen LogP contribution in [0.25, 0.3) is 0 Å². The Bertz CT molecular complexity index is 726. The second kappa shape index (κ2) is 7.58. The molecule has 25 heavy (non-hydrogen) atoms. The first-order valence-corrected chi connectivity index (χ1v) is 9.17. The van der Waals surface area contributed by atoms with Gasteiger partial charge >= 0.3 is 0 Å². The number of β-amino-alcohol motifs (C(OH)–C–C–N with tert-alkyl or cyclic N) is 1. The van der Waals surface area contributed by atoms with Crippen molar-refractivity contribution < 1.29 is 9.84 Å². The maximum absolute atomic E-state index is 10.3. The van der Waals surface area contributed by atoms with E-state index < -0.39 is 0 Å². The molecule has 0 bridgehead atoms. The van der Waals surface area contributed by atoms with E-state index in [0.29, 0.717) is 6.54 Å². The van der Waals surface area contributed by atoms with Crippen LogP contribution >= 0.6 is 0 Å². The normalized spacial score (nSPS) is 21.0. The minimum atomic E-state index is -0.289. The van der Waals surface area contributed by atoms with E-state index in [1.54, 1.807) is 7.11 Å². The van der Waals surface area contributed by atoms with E-state index in [1.807, 2.05) is 23.9 Å². The fourth-order valence-corrected chi connectivity index (χ4v) is 4.03. The summed E-state index contributed by atoms with van der Waals surface area (Å²) in [6.45, 7) is 5.87. The van der Waals surface area contributed by atoms with Crippen molar-refractivity contribution in [2.24, 2.45) is 7.05 Å². The first-order valence-electron chi connectivity index (χ1n) is 9.17. The zero-order valence-corrected chi connectivity index (χ0v) is 15.7. The predicted octanol–water partition coefficient (Wildman–Crippen LogP) is 2.86. The summed E-state index contributed by atoms with van der Waals surface area (Å²) in [5.41, 5.74) is 5.00. The summed E-state index contributed by atoms with van der Waals surface area (Å²) in [7, 11) is 3.72. The number of benzene rings is 1. The Labute approximate surface area is 150 Å². The minimum Gasteiger partial charge on any atom is -0.497 e. The molecular formula is C20H29N3O2. The van der Waals surface area contributed by atoms with Crippen LogP contribution in [-0.4, -0.2) is 39.5 Å². The van der Waals surface area contributed by atoms with Crippen LogP contribution in [-0.2, 0) is 26.4 Å². The third-order valence-corrected chi connectivity index (χ3v) is 5.25. The van der Waals surface area contributed by atoms with E-state index in [0.717, 1.165) is 31.6 Å². The predicted molar refractivity (Wildman–Crippen MR) is 98.7 cm³/mol. The number of aliphatic hydroxyl groups is 1. The maximum Gasteiger partial charge on any atom is 0.119 e. The molecule has 136 valence electrons. The van der Waals surface area contributed by atoms with Crippen molar-refractivity contribution in [2.75, 3.05) is 13.7 Å². The van der Waals surface area contributed by atoms with Crippen molar-refractivity contribution >= 4 is 0 Å². The van der Waals surface area contributed by atoms with Crippen LogP contribution in [0.5, 0.6) is 5.75 Å². The van der Waals surface area contributed by atoms with E-state index in [4.69, 9.17) is 9.84 Å². The van der Waals surface area contributed by atoms with Crippen molar-refractivity contribution in [1.29, 1.82) is 0 Å². The Kier molecular flexibility index (Phi) is 5.45. The largest absolute Gasteiger partial charge is 0.497 e. The van der Waals surface area contributed by atoms with Gasteiger partial charge < -0.3 is 9.84 Å². The number of hydrogen-bond donors (Lipinski definition) is 1. The van der Waals surface area contributed by atoms with Crippen LogP contribution in [0.2, 0.25) is 0 Å². The fraction of sp³-hybridized carbons (Fsp3) is 0.550. The fourth-order valence-electron chi connectivity index (χ4n) is 4.03. The van der Waals surface area contributed by atoms with Gasteiger partial charge in [0.1, 0.15) is 5.75 Å². The smallest absolute Gasteiger partial charge is 0.119 e. The molecule has 1 aliphatic rings. The van der Waals surface area contributed by atoms with Gasteiger partial charge in [-0.2, -0.15) is 5.10 Å². The van der Waals surface area contributed by atoms with E-state index >= 15 is 0 Å². The summed E-state index contributed by atoms with van der Waals surface area (Å²) in [5, 5.41) is 15.0. The van der Waals surface area contributed by atoms with Crippen molar-refractivity contribution in [3.63, 3.8) is 0 Å². The Hall–Kier alpha value is -1.85. The number of likely N-dealkylation sites (tertiary alicyclic amines) is 1. The van der Waals surface area contributed by atoms with Gasteiger partial charge in [0.25, 0.3) is 0 Å². The van der Waals surface area contributed by atoms with Crippen LogP contribution in [0.4, 0.5) is 0 Å². The molecule has 2 aromatic rings. The number of nitrogens with zero attached hydrogens (tertiary/aromatic N) is 3. The molecule has 1 aromatic carbocycles. The summed E-state index contributed by atoms with van der Waals surface area (Å²) in [6.07, 6.45) is 2.38. The summed E-state index contributed by atoms with van der Waals surface area (Å²) < 4.78 is 7.39. The molecule has 0 spiro atoms. The maximum atomic E-state index is 10.3. The molecular weight excluding hydrogens is 314 g/mol. The van der Waals surface area contributed by atoms with Crippen LogP contribution in [0.1, 0.15) is 48.8 Å². The van der Waals surface area contributed by atoms with E-state index in [9.17, 15) is 5.11 Å². The highest BCUT2D eigenvalue weighted by Crippen LogP contribution is 2.35. The molecule has 1 aromatic heterocycles. The summed E-state index contributed by atoms with van der Waals surface area (Å²) >= 11 is 0. The first-order chi connectivity index (χ1) is 12.1. The number of aromatic nitrogens is 2. The summed E-state index contributed by atoms with van der Waals surface area (Å²) in [5.74, 6) is 0.865. The monoisotopic (exact) mass is 343 g/mol. The highest BCUT2D eigenvalue weighted by molar-refractivity contribution is 5.32. The van der Waals surface area contributed by atoms with E-state index in [2.05, 4.69) is 30.9 Å². The van der Waals surface area contributed by atoms with Gasteiger partial charge in [-0.25, -0.2) is 0 Å². The molecule has 1 saturated heterocycles. The third kappa shape index (κ3) is 3.58. The molecule has 1 fully saturated rings. The number of rotatable bonds is 6. The topological polar surface area (TPSA) is 50.5 Å². The molecule has 2 atom stereocenters. The van der Waals surface area contributed by atoms with Gasteiger partial charge in [0, 0.05) is 37.4 Å². The Morgan fingerprint density at radius 1 is 1.28 bits per heavy atom. The Balaban J connectivity index is 1.90. The highest BCUT2D eigenvalue weighted by Gasteiger charge is 2.33. The van der Waals surface area contributed by atoms with Crippen molar-refractivity contribution in [1.82, 2.24) is 14.7 Å². The molecule has 0 aliphatic carbocycles. The molecule has 1 aliphatic heterocycles. The van der Waals surface area contributed by atoms with Gasteiger partial charge in [0.2, 0.25) is 0 Å². The number of ether oxygens (including phenoxy) is 1. The lowest BCUT2D eigenvalue weighted by Crippen LogP contribution is -2.25. The van der Waals surface area contributed by atoms with Crippen molar-refractivity contribution in [2.45, 2.75) is 51.8 Å². The second-order valence-corrected chi connectivity index (χ2v) is 6.81. The van der Waals surface area contributed by atoms with Gasteiger partial charge in [0.15, 0.2) is 0 Å². The van der Waals surface area contributed by atoms with Crippen LogP contribution in [0.15, 0.2) is 24.3 Å². The zero-order valence-electron chi connectivity index (χ0n) is 15.7. The Morgan fingerprint density at radius 3 is 2.76 bits per heavy atom. The van der Waals surface area contributed by atoms with E-state index in [-0.39, 0.29) is 12.1 Å². The van der Waals surface area contributed by atoms with Crippen LogP contribution < -0.4 is 4.74 Å². The molecule has 5 heteroatoms. The van der Waals surface area contributed by atoms with Crippen molar-refractivity contribution in [3.8, 4) is 5.75 Å². The average Bonchev–Trinajstić information content (AvgIpc) is 3.14. The number of hydrogen-bond acceptors (Lipinski definition) is 4. The van der Waals surface area contributed by atoms with Crippen LogP contribution in [0, 0.1) is 0 Å². The van der Waals surface area contributed by atoms with E-state index in [1.165, 1.54) is 22.5 Å². The third-order valence-electron chi connectivity index (χ3n) is 5.25. The van der Waals surface area contributed by atoms with Gasteiger partial charge in [-0.15, -0.1) is 0 Å². The lowest BCUT2D eigenvalue weighted by molar-refractivity contribution is 0.172. The standard InChI is InChI=1S/C20H29N3O2/c1-5-18-17(19(6-2)22(3)21-18)13-23-12-15(24)11-20(23)14-8-7-9-16(10-14)25-4/h7-10,15,20,24H,5-6,11-13H2,1-4H3/t15-,20-/m1/s1. The average molecular weight is 343 g/mol. The number of aryl methyl sites for hydroxylation is 2.